The highest BCUT2D eigenvalue weighted by molar-refractivity contribution is 7.99. The van der Waals surface area contributed by atoms with E-state index in [0.717, 1.165) is 5.56 Å². The SMILES string of the molecule is Cc1cc(C)c(SC(F)C(F)F)cc1NC(=O)NCCCl. The van der Waals surface area contributed by atoms with Crippen molar-refractivity contribution in [3.05, 3.63) is 23.3 Å². The summed E-state index contributed by atoms with van der Waals surface area (Å²) >= 11 is 5.89. The summed E-state index contributed by atoms with van der Waals surface area (Å²) in [7, 11) is 0. The maximum Gasteiger partial charge on any atom is 0.319 e. The van der Waals surface area contributed by atoms with E-state index in [4.69, 9.17) is 11.6 Å². The molecule has 2 amide bonds. The van der Waals surface area contributed by atoms with Crippen LogP contribution in [0.25, 0.3) is 0 Å². The Bertz CT molecular complexity index is 503. The average Bonchev–Trinajstić information content (AvgIpc) is 2.41. The number of carbonyl (C=O) groups is 1. The van der Waals surface area contributed by atoms with Crippen LogP contribution < -0.4 is 10.6 Å². The van der Waals surface area contributed by atoms with Gasteiger partial charge >= 0.3 is 6.03 Å². The van der Waals surface area contributed by atoms with Gasteiger partial charge in [0.05, 0.1) is 0 Å². The molecule has 8 heteroatoms. The molecule has 0 heterocycles. The molecule has 1 atom stereocenters. The third-order valence-corrected chi connectivity index (χ3v) is 3.90. The Balaban J connectivity index is 2.87. The molecule has 0 aliphatic carbocycles. The van der Waals surface area contributed by atoms with Crippen LogP contribution in [0.3, 0.4) is 0 Å². The number of carbonyl (C=O) groups excluding carboxylic acids is 1. The monoisotopic (exact) mass is 340 g/mol. The molecule has 118 valence electrons. The van der Waals surface area contributed by atoms with Crippen LogP contribution in [0, 0.1) is 13.8 Å². The predicted octanol–water partition coefficient (Wildman–Crippen LogP) is 4.32. The fraction of sp³-hybridized carbons (Fsp3) is 0.462. The summed E-state index contributed by atoms with van der Waals surface area (Å²) in [5, 5.41) is 5.10. The molecule has 0 spiro atoms. The number of halogens is 4. The van der Waals surface area contributed by atoms with Crippen molar-refractivity contribution in [3.63, 3.8) is 0 Å². The normalized spacial score (nSPS) is 12.3. The predicted molar refractivity (Wildman–Crippen MR) is 80.4 cm³/mol. The molecule has 0 aliphatic heterocycles. The second-order valence-electron chi connectivity index (χ2n) is 4.31. The molecule has 0 fully saturated rings. The highest BCUT2D eigenvalue weighted by atomic mass is 35.5. The Hall–Kier alpha value is -1.08. The molecule has 0 aromatic heterocycles. The Morgan fingerprint density at radius 3 is 2.52 bits per heavy atom. The van der Waals surface area contributed by atoms with Crippen molar-refractivity contribution in [2.24, 2.45) is 0 Å². The fourth-order valence-corrected chi connectivity index (χ4v) is 2.46. The minimum absolute atomic E-state index is 0.277. The summed E-state index contributed by atoms with van der Waals surface area (Å²) in [5.74, 6) is 0.277. The van der Waals surface area contributed by atoms with Gasteiger partial charge in [-0.25, -0.2) is 18.0 Å². The lowest BCUT2D eigenvalue weighted by Crippen LogP contribution is -2.30. The van der Waals surface area contributed by atoms with Gasteiger partial charge in [-0.05, 0) is 31.0 Å². The molecule has 1 rings (SSSR count). The number of amides is 2. The molecule has 1 aromatic carbocycles. The molecular formula is C13H16ClF3N2OS. The largest absolute Gasteiger partial charge is 0.337 e. The molecule has 0 aliphatic rings. The van der Waals surface area contributed by atoms with Gasteiger partial charge in [0.2, 0.25) is 5.50 Å². The van der Waals surface area contributed by atoms with Crippen molar-refractivity contribution in [3.8, 4) is 0 Å². The second-order valence-corrected chi connectivity index (χ2v) is 5.81. The zero-order chi connectivity index (χ0) is 16.0. The summed E-state index contributed by atoms with van der Waals surface area (Å²) in [5.41, 5.74) is -0.432. The van der Waals surface area contributed by atoms with Gasteiger partial charge in [0.15, 0.2) is 0 Å². The number of hydrogen-bond acceptors (Lipinski definition) is 2. The van der Waals surface area contributed by atoms with Crippen LogP contribution in [0.4, 0.5) is 23.7 Å². The molecule has 3 nitrogen and oxygen atoms in total. The lowest BCUT2D eigenvalue weighted by molar-refractivity contribution is 0.0953. The third-order valence-electron chi connectivity index (χ3n) is 2.59. The minimum Gasteiger partial charge on any atom is -0.337 e. The molecule has 0 bridgehead atoms. The number of aryl methyl sites for hydroxylation is 2. The van der Waals surface area contributed by atoms with E-state index in [0.29, 0.717) is 34.5 Å². The number of nitrogens with one attached hydrogen (secondary N) is 2. The quantitative estimate of drug-likeness (QED) is 0.598. The summed E-state index contributed by atoms with van der Waals surface area (Å²) in [6, 6.07) is 2.74. The standard InChI is InChI=1S/C13H16ClF3N2OS/c1-7-5-8(2)10(21-12(17)11(15)16)6-9(7)19-13(20)18-4-3-14/h5-6,11-12H,3-4H2,1-2H3,(H2,18,19,20). The summed E-state index contributed by atoms with van der Waals surface area (Å²) < 4.78 is 37.7. The van der Waals surface area contributed by atoms with E-state index in [1.165, 1.54) is 6.07 Å². The van der Waals surface area contributed by atoms with Gasteiger partial charge in [0.1, 0.15) is 0 Å². The fourth-order valence-electron chi connectivity index (χ4n) is 1.59. The molecule has 0 saturated heterocycles. The number of benzene rings is 1. The van der Waals surface area contributed by atoms with E-state index in [1.54, 1.807) is 19.9 Å². The van der Waals surface area contributed by atoms with Crippen molar-refractivity contribution in [2.75, 3.05) is 17.7 Å². The van der Waals surface area contributed by atoms with Crippen molar-refractivity contribution in [1.82, 2.24) is 5.32 Å². The van der Waals surface area contributed by atoms with Gasteiger partial charge in [0.25, 0.3) is 6.43 Å². The van der Waals surface area contributed by atoms with Crippen LogP contribution >= 0.6 is 23.4 Å². The molecule has 1 unspecified atom stereocenters. The topological polar surface area (TPSA) is 41.1 Å². The molecule has 0 saturated carbocycles. The summed E-state index contributed by atoms with van der Waals surface area (Å²) in [4.78, 5) is 11.9. The highest BCUT2D eigenvalue weighted by Crippen LogP contribution is 2.34. The average molecular weight is 341 g/mol. The lowest BCUT2D eigenvalue weighted by atomic mass is 10.1. The van der Waals surface area contributed by atoms with Crippen molar-refractivity contribution in [1.29, 1.82) is 0 Å². The Morgan fingerprint density at radius 2 is 1.95 bits per heavy atom. The first kappa shape index (κ1) is 18.0. The molecule has 1 aromatic rings. The van der Waals surface area contributed by atoms with E-state index < -0.39 is 18.0 Å². The molecular weight excluding hydrogens is 325 g/mol. The third kappa shape index (κ3) is 5.67. The van der Waals surface area contributed by atoms with Gasteiger partial charge < -0.3 is 10.6 Å². The number of urea groups is 1. The summed E-state index contributed by atoms with van der Waals surface area (Å²) in [6.07, 6.45) is -3.06. The zero-order valence-corrected chi connectivity index (χ0v) is 13.1. The number of hydrogen-bond donors (Lipinski definition) is 2. The minimum atomic E-state index is -3.06. The van der Waals surface area contributed by atoms with Gasteiger partial charge in [-0.2, -0.15) is 0 Å². The van der Waals surface area contributed by atoms with Crippen molar-refractivity contribution in [2.45, 2.75) is 30.7 Å². The Kier molecular flexibility index (Phi) is 7.17. The van der Waals surface area contributed by atoms with Crippen LogP contribution in [0.2, 0.25) is 0 Å². The number of rotatable bonds is 6. The van der Waals surface area contributed by atoms with Crippen molar-refractivity contribution >= 4 is 35.1 Å². The number of alkyl halides is 4. The van der Waals surface area contributed by atoms with E-state index in [-0.39, 0.29) is 5.88 Å². The van der Waals surface area contributed by atoms with Gasteiger partial charge in [0, 0.05) is 23.0 Å². The van der Waals surface area contributed by atoms with Crippen LogP contribution in [0.1, 0.15) is 11.1 Å². The molecule has 2 N–H and O–H groups in total. The highest BCUT2D eigenvalue weighted by Gasteiger charge is 2.22. The Labute approximate surface area is 130 Å². The van der Waals surface area contributed by atoms with Gasteiger partial charge in [-0.15, -0.1) is 11.6 Å². The van der Waals surface area contributed by atoms with Gasteiger partial charge in [-0.1, -0.05) is 17.8 Å². The molecule has 0 radical (unpaired) electrons. The second kappa shape index (κ2) is 8.38. The van der Waals surface area contributed by atoms with E-state index >= 15 is 0 Å². The van der Waals surface area contributed by atoms with Gasteiger partial charge in [-0.3, -0.25) is 0 Å². The zero-order valence-electron chi connectivity index (χ0n) is 11.6. The van der Waals surface area contributed by atoms with Crippen LogP contribution in [-0.2, 0) is 0 Å². The summed E-state index contributed by atoms with van der Waals surface area (Å²) in [6.45, 7) is 3.77. The van der Waals surface area contributed by atoms with Crippen LogP contribution in [0.15, 0.2) is 17.0 Å². The van der Waals surface area contributed by atoms with E-state index in [9.17, 15) is 18.0 Å². The van der Waals surface area contributed by atoms with Crippen molar-refractivity contribution < 1.29 is 18.0 Å². The lowest BCUT2D eigenvalue weighted by Gasteiger charge is -2.14. The van der Waals surface area contributed by atoms with E-state index in [2.05, 4.69) is 10.6 Å². The van der Waals surface area contributed by atoms with Crippen LogP contribution in [-0.4, -0.2) is 30.4 Å². The van der Waals surface area contributed by atoms with E-state index in [1.807, 2.05) is 0 Å². The maximum atomic E-state index is 13.2. The first-order valence-electron chi connectivity index (χ1n) is 6.16. The smallest absolute Gasteiger partial charge is 0.319 e. The first-order valence-corrected chi connectivity index (χ1v) is 7.57. The number of anilines is 1. The molecule has 21 heavy (non-hydrogen) atoms. The Morgan fingerprint density at radius 1 is 1.29 bits per heavy atom. The first-order chi connectivity index (χ1) is 9.85. The number of thioether (sulfide) groups is 1. The van der Waals surface area contributed by atoms with Crippen LogP contribution in [0.5, 0.6) is 0 Å². The maximum absolute atomic E-state index is 13.2.